The van der Waals surface area contributed by atoms with Crippen molar-refractivity contribution >= 4 is 38.9 Å². The molecule has 0 heterocycles. The maximum Gasteiger partial charge on any atom is 0.289 e. The van der Waals surface area contributed by atoms with Crippen LogP contribution in [0.1, 0.15) is 24.9 Å². The molecule has 2 aromatic rings. The van der Waals surface area contributed by atoms with E-state index in [0.29, 0.717) is 5.69 Å². The lowest BCUT2D eigenvalue weighted by Crippen LogP contribution is -2.09. The van der Waals surface area contributed by atoms with E-state index >= 15 is 0 Å². The first-order valence-corrected chi connectivity index (χ1v) is 7.64. The number of rotatable bonds is 5. The first-order valence-electron chi connectivity index (χ1n) is 6.47. The number of nitrogens with one attached hydrogen (secondary N) is 1. The summed E-state index contributed by atoms with van der Waals surface area (Å²) in [6.45, 7) is 2.06. The van der Waals surface area contributed by atoms with Gasteiger partial charge < -0.3 is 5.32 Å². The summed E-state index contributed by atoms with van der Waals surface area (Å²) in [6, 6.07) is 12.8. The van der Waals surface area contributed by atoms with Gasteiger partial charge in [-0.1, -0.05) is 46.6 Å². The Morgan fingerprint density at radius 3 is 2.52 bits per heavy atom. The molecule has 4 nitrogen and oxygen atoms in total. The first-order chi connectivity index (χ1) is 10.0. The summed E-state index contributed by atoms with van der Waals surface area (Å²) >= 11 is 9.23. The molecule has 0 aromatic heterocycles. The van der Waals surface area contributed by atoms with E-state index in [0.717, 1.165) is 16.5 Å². The van der Waals surface area contributed by atoms with Gasteiger partial charge in [-0.2, -0.15) is 0 Å². The second kappa shape index (κ2) is 6.91. The molecule has 0 amide bonds. The van der Waals surface area contributed by atoms with Crippen LogP contribution in [-0.4, -0.2) is 4.92 Å². The maximum absolute atomic E-state index is 10.9. The van der Waals surface area contributed by atoms with E-state index in [1.54, 1.807) is 6.07 Å². The molecule has 110 valence electrons. The minimum absolute atomic E-state index is 0.0823. The summed E-state index contributed by atoms with van der Waals surface area (Å²) in [5, 5.41) is 14.4. The first kappa shape index (κ1) is 15.8. The van der Waals surface area contributed by atoms with Crippen molar-refractivity contribution in [1.29, 1.82) is 0 Å². The van der Waals surface area contributed by atoms with Crippen LogP contribution in [0.15, 0.2) is 46.9 Å². The fourth-order valence-corrected chi connectivity index (χ4v) is 2.51. The predicted octanol–water partition coefficient (Wildman–Crippen LogP) is 5.57. The Morgan fingerprint density at radius 1 is 1.29 bits per heavy atom. The monoisotopic (exact) mass is 368 g/mol. The van der Waals surface area contributed by atoms with E-state index in [1.165, 1.54) is 12.1 Å². The minimum Gasteiger partial charge on any atom is -0.378 e. The normalized spacial score (nSPS) is 12.0. The zero-order valence-corrected chi connectivity index (χ0v) is 13.7. The van der Waals surface area contributed by atoms with Gasteiger partial charge in [0.25, 0.3) is 5.69 Å². The molecule has 0 saturated carbocycles. The maximum atomic E-state index is 10.9. The van der Waals surface area contributed by atoms with Crippen LogP contribution in [0, 0.1) is 10.1 Å². The topological polar surface area (TPSA) is 55.2 Å². The summed E-state index contributed by atoms with van der Waals surface area (Å²) in [7, 11) is 0. The SMILES string of the molecule is CCC(Nc1ccc(Cl)c([N+](=O)[O-])c1)c1ccc(Br)cc1. The molecule has 6 heteroatoms. The van der Waals surface area contributed by atoms with Crippen molar-refractivity contribution in [2.24, 2.45) is 0 Å². The summed E-state index contributed by atoms with van der Waals surface area (Å²) in [4.78, 5) is 10.4. The minimum atomic E-state index is -0.478. The van der Waals surface area contributed by atoms with Crippen molar-refractivity contribution in [2.45, 2.75) is 19.4 Å². The van der Waals surface area contributed by atoms with Crippen LogP contribution < -0.4 is 5.32 Å². The average Bonchev–Trinajstić information content (AvgIpc) is 2.47. The van der Waals surface area contributed by atoms with Crippen molar-refractivity contribution in [3.05, 3.63) is 67.6 Å². The summed E-state index contributed by atoms with van der Waals surface area (Å²) in [6.07, 6.45) is 0.859. The second-order valence-corrected chi connectivity index (χ2v) is 5.90. The van der Waals surface area contributed by atoms with Crippen LogP contribution in [0.25, 0.3) is 0 Å². The number of hydrogen-bond acceptors (Lipinski definition) is 3. The molecule has 1 unspecified atom stereocenters. The summed E-state index contributed by atoms with van der Waals surface area (Å²) in [5.74, 6) is 0. The van der Waals surface area contributed by atoms with E-state index < -0.39 is 4.92 Å². The third kappa shape index (κ3) is 3.95. The quantitative estimate of drug-likeness (QED) is 0.553. The highest BCUT2D eigenvalue weighted by Gasteiger charge is 2.15. The number of benzene rings is 2. The number of hydrogen-bond donors (Lipinski definition) is 1. The standard InChI is InChI=1S/C15H14BrClN2O2/c1-2-14(10-3-5-11(16)6-4-10)18-12-7-8-13(17)15(9-12)19(20)21/h3-9,14,18H,2H2,1H3. The van der Waals surface area contributed by atoms with Gasteiger partial charge in [0.1, 0.15) is 5.02 Å². The van der Waals surface area contributed by atoms with Gasteiger partial charge in [0.15, 0.2) is 0 Å². The van der Waals surface area contributed by atoms with Gasteiger partial charge in [0.2, 0.25) is 0 Å². The van der Waals surface area contributed by atoms with Crippen LogP contribution in [0.5, 0.6) is 0 Å². The van der Waals surface area contributed by atoms with Gasteiger partial charge in [-0.25, -0.2) is 0 Å². The molecule has 0 radical (unpaired) electrons. The Kier molecular flexibility index (Phi) is 5.20. The van der Waals surface area contributed by atoms with Crippen molar-refractivity contribution in [1.82, 2.24) is 0 Å². The largest absolute Gasteiger partial charge is 0.378 e. The third-order valence-corrected chi connectivity index (χ3v) is 4.01. The lowest BCUT2D eigenvalue weighted by atomic mass is 10.0. The van der Waals surface area contributed by atoms with Crippen LogP contribution in [0.2, 0.25) is 5.02 Å². The van der Waals surface area contributed by atoms with Crippen LogP contribution in [0.4, 0.5) is 11.4 Å². The molecule has 0 aliphatic rings. The fraction of sp³-hybridized carbons (Fsp3) is 0.200. The Labute approximate surface area is 136 Å². The van der Waals surface area contributed by atoms with Crippen molar-refractivity contribution in [2.75, 3.05) is 5.32 Å². The molecule has 0 aliphatic heterocycles. The van der Waals surface area contributed by atoms with Gasteiger partial charge in [0.05, 0.1) is 11.0 Å². The van der Waals surface area contributed by atoms with Crippen LogP contribution in [0.3, 0.4) is 0 Å². The zero-order chi connectivity index (χ0) is 15.4. The van der Waals surface area contributed by atoms with Gasteiger partial charge in [-0.3, -0.25) is 10.1 Å². The molecule has 2 rings (SSSR count). The van der Waals surface area contributed by atoms with E-state index in [1.807, 2.05) is 24.3 Å². The van der Waals surface area contributed by atoms with E-state index in [2.05, 4.69) is 28.2 Å². The zero-order valence-electron chi connectivity index (χ0n) is 11.3. The highest BCUT2D eigenvalue weighted by atomic mass is 79.9. The van der Waals surface area contributed by atoms with Crippen molar-refractivity contribution in [3.8, 4) is 0 Å². The number of nitro groups is 1. The van der Waals surface area contributed by atoms with Gasteiger partial charge in [-0.05, 0) is 36.2 Å². The highest BCUT2D eigenvalue weighted by Crippen LogP contribution is 2.30. The van der Waals surface area contributed by atoms with E-state index in [4.69, 9.17) is 11.6 Å². The molecule has 1 N–H and O–H groups in total. The molecule has 0 saturated heterocycles. The van der Waals surface area contributed by atoms with Crippen LogP contribution >= 0.6 is 27.5 Å². The molecule has 1 atom stereocenters. The van der Waals surface area contributed by atoms with E-state index in [-0.39, 0.29) is 16.8 Å². The Hall–Kier alpha value is -1.59. The predicted molar refractivity (Wildman–Crippen MR) is 88.9 cm³/mol. The fourth-order valence-electron chi connectivity index (χ4n) is 2.06. The molecular weight excluding hydrogens is 356 g/mol. The summed E-state index contributed by atoms with van der Waals surface area (Å²) < 4.78 is 1.02. The van der Waals surface area contributed by atoms with E-state index in [9.17, 15) is 10.1 Å². The molecule has 2 aromatic carbocycles. The molecule has 0 fully saturated rings. The molecule has 0 aliphatic carbocycles. The molecule has 0 bridgehead atoms. The average molecular weight is 370 g/mol. The highest BCUT2D eigenvalue weighted by molar-refractivity contribution is 9.10. The number of nitro benzene ring substituents is 1. The molecular formula is C15H14BrClN2O2. The Morgan fingerprint density at radius 2 is 1.95 bits per heavy atom. The Bertz CT molecular complexity index is 647. The smallest absolute Gasteiger partial charge is 0.289 e. The lowest BCUT2D eigenvalue weighted by Gasteiger charge is -2.19. The number of anilines is 1. The number of nitrogens with zero attached hydrogens (tertiary/aromatic N) is 1. The van der Waals surface area contributed by atoms with Gasteiger partial charge >= 0.3 is 0 Å². The third-order valence-electron chi connectivity index (χ3n) is 3.16. The number of halogens is 2. The van der Waals surface area contributed by atoms with Gasteiger partial charge in [0, 0.05) is 16.2 Å². The molecule has 0 spiro atoms. The van der Waals surface area contributed by atoms with Crippen LogP contribution in [-0.2, 0) is 0 Å². The van der Waals surface area contributed by atoms with Crippen molar-refractivity contribution in [3.63, 3.8) is 0 Å². The van der Waals surface area contributed by atoms with Gasteiger partial charge in [-0.15, -0.1) is 0 Å². The second-order valence-electron chi connectivity index (χ2n) is 4.58. The summed E-state index contributed by atoms with van der Waals surface area (Å²) in [5.41, 5.74) is 1.71. The van der Waals surface area contributed by atoms with Crippen molar-refractivity contribution < 1.29 is 4.92 Å². The lowest BCUT2D eigenvalue weighted by molar-refractivity contribution is -0.384. The Balaban J connectivity index is 2.24. The molecule has 21 heavy (non-hydrogen) atoms.